The van der Waals surface area contributed by atoms with Crippen molar-refractivity contribution in [3.63, 3.8) is 0 Å². The summed E-state index contributed by atoms with van der Waals surface area (Å²) in [6, 6.07) is 9.35. The summed E-state index contributed by atoms with van der Waals surface area (Å²) in [4.78, 5) is 0. The summed E-state index contributed by atoms with van der Waals surface area (Å²) < 4.78 is 2.02. The number of unbranched alkanes of at least 4 members (excludes halogenated alkanes) is 1. The van der Waals surface area contributed by atoms with Crippen molar-refractivity contribution in [2.45, 2.75) is 51.5 Å². The molecule has 1 aliphatic rings. The standard InChI is InChI=1S/C18H25N3/c1-3-4-6-14-9-11-15(12-10-14)20-17-7-5-8-18-16(17)13-19-21(18)2/h9-13,17,20H,3-8H2,1-2H3. The van der Waals surface area contributed by atoms with Crippen LogP contribution >= 0.6 is 0 Å². The molecule has 3 rings (SSSR count). The highest BCUT2D eigenvalue weighted by atomic mass is 15.3. The van der Waals surface area contributed by atoms with Gasteiger partial charge in [-0.3, -0.25) is 4.68 Å². The van der Waals surface area contributed by atoms with E-state index < -0.39 is 0 Å². The van der Waals surface area contributed by atoms with Crippen LogP contribution < -0.4 is 5.32 Å². The van der Waals surface area contributed by atoms with Crippen molar-refractivity contribution in [3.05, 3.63) is 47.3 Å². The van der Waals surface area contributed by atoms with Crippen LogP contribution in [0.15, 0.2) is 30.5 Å². The highest BCUT2D eigenvalue weighted by Crippen LogP contribution is 2.32. The van der Waals surface area contributed by atoms with Gasteiger partial charge in [-0.05, 0) is 49.8 Å². The largest absolute Gasteiger partial charge is 0.378 e. The molecule has 1 aliphatic carbocycles. The number of hydrogen-bond donors (Lipinski definition) is 1. The van der Waals surface area contributed by atoms with Crippen LogP contribution in [-0.2, 0) is 19.9 Å². The number of aromatic nitrogens is 2. The van der Waals surface area contributed by atoms with Gasteiger partial charge in [0.05, 0.1) is 12.2 Å². The second-order valence-corrected chi connectivity index (χ2v) is 6.06. The lowest BCUT2D eigenvalue weighted by atomic mass is 9.92. The monoisotopic (exact) mass is 283 g/mol. The zero-order chi connectivity index (χ0) is 14.7. The summed E-state index contributed by atoms with van der Waals surface area (Å²) in [7, 11) is 2.05. The van der Waals surface area contributed by atoms with Crippen LogP contribution in [0.4, 0.5) is 5.69 Å². The molecule has 1 unspecified atom stereocenters. The lowest BCUT2D eigenvalue weighted by Crippen LogP contribution is -2.17. The fraction of sp³-hybridized carbons (Fsp3) is 0.500. The smallest absolute Gasteiger partial charge is 0.0547 e. The maximum Gasteiger partial charge on any atom is 0.0547 e. The van der Waals surface area contributed by atoms with Crippen LogP contribution in [0.1, 0.15) is 55.5 Å². The lowest BCUT2D eigenvalue weighted by Gasteiger charge is -2.24. The van der Waals surface area contributed by atoms with Gasteiger partial charge in [-0.15, -0.1) is 0 Å². The van der Waals surface area contributed by atoms with Crippen molar-refractivity contribution in [2.24, 2.45) is 7.05 Å². The Morgan fingerprint density at radius 2 is 2.10 bits per heavy atom. The van der Waals surface area contributed by atoms with Gasteiger partial charge in [0, 0.05) is 24.0 Å². The molecule has 1 atom stereocenters. The van der Waals surface area contributed by atoms with Gasteiger partial charge in [-0.25, -0.2) is 0 Å². The molecule has 0 saturated heterocycles. The maximum atomic E-state index is 4.41. The van der Waals surface area contributed by atoms with E-state index in [-0.39, 0.29) is 0 Å². The van der Waals surface area contributed by atoms with E-state index in [0.29, 0.717) is 6.04 Å². The molecule has 2 aromatic rings. The predicted octanol–water partition coefficient (Wildman–Crippen LogP) is 4.25. The Morgan fingerprint density at radius 1 is 1.29 bits per heavy atom. The average Bonchev–Trinajstić information content (AvgIpc) is 2.89. The van der Waals surface area contributed by atoms with Gasteiger partial charge in [-0.2, -0.15) is 5.10 Å². The summed E-state index contributed by atoms with van der Waals surface area (Å²) in [5.74, 6) is 0. The molecule has 1 aromatic carbocycles. The number of nitrogens with zero attached hydrogens (tertiary/aromatic N) is 2. The van der Waals surface area contributed by atoms with E-state index in [9.17, 15) is 0 Å². The average molecular weight is 283 g/mol. The lowest BCUT2D eigenvalue weighted by molar-refractivity contribution is 0.571. The molecule has 0 saturated carbocycles. The number of aryl methyl sites for hydroxylation is 2. The van der Waals surface area contributed by atoms with E-state index in [0.717, 1.165) is 6.42 Å². The first-order valence-electron chi connectivity index (χ1n) is 8.14. The number of benzene rings is 1. The SMILES string of the molecule is CCCCc1ccc(NC2CCCc3c2cnn3C)cc1. The Hall–Kier alpha value is -1.77. The Bertz CT molecular complexity index is 583. The summed E-state index contributed by atoms with van der Waals surface area (Å²) in [5.41, 5.74) is 5.42. The van der Waals surface area contributed by atoms with Crippen LogP contribution in [0.25, 0.3) is 0 Å². The van der Waals surface area contributed by atoms with Crippen molar-refractivity contribution < 1.29 is 0 Å². The first-order valence-corrected chi connectivity index (χ1v) is 8.14. The topological polar surface area (TPSA) is 29.9 Å². The molecule has 0 bridgehead atoms. The van der Waals surface area contributed by atoms with Gasteiger partial charge in [0.1, 0.15) is 0 Å². The van der Waals surface area contributed by atoms with E-state index in [1.54, 1.807) is 0 Å². The van der Waals surface area contributed by atoms with Crippen molar-refractivity contribution in [1.82, 2.24) is 9.78 Å². The Labute approximate surface area is 127 Å². The van der Waals surface area contributed by atoms with Crippen LogP contribution in [-0.4, -0.2) is 9.78 Å². The molecule has 0 fully saturated rings. The fourth-order valence-corrected chi connectivity index (χ4v) is 3.21. The Balaban J connectivity index is 1.69. The van der Waals surface area contributed by atoms with Gasteiger partial charge >= 0.3 is 0 Å². The van der Waals surface area contributed by atoms with Gasteiger partial charge < -0.3 is 5.32 Å². The molecule has 0 spiro atoms. The summed E-state index contributed by atoms with van der Waals surface area (Å²) in [5, 5.41) is 8.09. The maximum absolute atomic E-state index is 4.41. The van der Waals surface area contributed by atoms with Gasteiger partial charge in [0.2, 0.25) is 0 Å². The van der Waals surface area contributed by atoms with Gasteiger partial charge in [-0.1, -0.05) is 25.5 Å². The first kappa shape index (κ1) is 14.2. The molecule has 1 aromatic heterocycles. The molecule has 112 valence electrons. The molecule has 1 N–H and O–H groups in total. The third-order valence-electron chi connectivity index (χ3n) is 4.49. The van der Waals surface area contributed by atoms with Crippen molar-refractivity contribution >= 4 is 5.69 Å². The summed E-state index contributed by atoms with van der Waals surface area (Å²) >= 11 is 0. The predicted molar refractivity (Wildman–Crippen MR) is 87.6 cm³/mol. The Morgan fingerprint density at radius 3 is 2.86 bits per heavy atom. The molecule has 3 heteroatoms. The minimum atomic E-state index is 0.406. The first-order chi connectivity index (χ1) is 10.3. The quantitative estimate of drug-likeness (QED) is 0.889. The Kier molecular flexibility index (Phi) is 4.28. The third-order valence-corrected chi connectivity index (χ3v) is 4.49. The number of rotatable bonds is 5. The minimum absolute atomic E-state index is 0.406. The van der Waals surface area contributed by atoms with Crippen LogP contribution in [0.3, 0.4) is 0 Å². The molecule has 0 radical (unpaired) electrons. The minimum Gasteiger partial charge on any atom is -0.378 e. The van der Waals surface area contributed by atoms with Gasteiger partial charge in [0.25, 0.3) is 0 Å². The third kappa shape index (κ3) is 3.12. The van der Waals surface area contributed by atoms with E-state index in [4.69, 9.17) is 0 Å². The molecule has 21 heavy (non-hydrogen) atoms. The van der Waals surface area contributed by atoms with E-state index in [1.165, 1.54) is 54.6 Å². The normalized spacial score (nSPS) is 17.5. The van der Waals surface area contributed by atoms with E-state index >= 15 is 0 Å². The molecule has 0 aliphatic heterocycles. The fourth-order valence-electron chi connectivity index (χ4n) is 3.21. The van der Waals surface area contributed by atoms with Gasteiger partial charge in [0.15, 0.2) is 0 Å². The zero-order valence-electron chi connectivity index (χ0n) is 13.1. The van der Waals surface area contributed by atoms with E-state index in [1.807, 2.05) is 17.9 Å². The molecular formula is C18H25N3. The molecular weight excluding hydrogens is 258 g/mol. The van der Waals surface area contributed by atoms with Crippen LogP contribution in [0, 0.1) is 0 Å². The summed E-state index contributed by atoms with van der Waals surface area (Å²) in [6.07, 6.45) is 9.32. The zero-order valence-corrected chi connectivity index (χ0v) is 13.1. The highest BCUT2D eigenvalue weighted by Gasteiger charge is 2.23. The second kappa shape index (κ2) is 6.33. The van der Waals surface area contributed by atoms with Crippen LogP contribution in [0.5, 0.6) is 0 Å². The molecule has 1 heterocycles. The molecule has 0 amide bonds. The molecule has 3 nitrogen and oxygen atoms in total. The second-order valence-electron chi connectivity index (χ2n) is 6.06. The van der Waals surface area contributed by atoms with Crippen molar-refractivity contribution in [3.8, 4) is 0 Å². The number of nitrogens with one attached hydrogen (secondary N) is 1. The van der Waals surface area contributed by atoms with Crippen LogP contribution in [0.2, 0.25) is 0 Å². The number of fused-ring (bicyclic) bond motifs is 1. The van der Waals surface area contributed by atoms with E-state index in [2.05, 4.69) is 41.6 Å². The summed E-state index contributed by atoms with van der Waals surface area (Å²) in [6.45, 7) is 2.24. The number of hydrogen-bond acceptors (Lipinski definition) is 2. The number of anilines is 1. The van der Waals surface area contributed by atoms with Crippen molar-refractivity contribution in [2.75, 3.05) is 5.32 Å². The highest BCUT2D eigenvalue weighted by molar-refractivity contribution is 5.47. The van der Waals surface area contributed by atoms with Crippen molar-refractivity contribution in [1.29, 1.82) is 0 Å².